The number of aromatic nitrogens is 1. The van der Waals surface area contributed by atoms with Gasteiger partial charge in [0.1, 0.15) is 11.6 Å². The van der Waals surface area contributed by atoms with Crippen molar-refractivity contribution in [1.82, 2.24) is 4.98 Å². The van der Waals surface area contributed by atoms with Gasteiger partial charge in [-0.1, -0.05) is 51.1 Å². The van der Waals surface area contributed by atoms with Crippen molar-refractivity contribution in [2.24, 2.45) is 0 Å². The fourth-order valence-corrected chi connectivity index (χ4v) is 4.80. The number of halogens is 1. The molecule has 1 fully saturated rings. The Morgan fingerprint density at radius 3 is 2.39 bits per heavy atom. The van der Waals surface area contributed by atoms with Crippen LogP contribution in [0.2, 0.25) is 0 Å². The Labute approximate surface area is 208 Å². The number of fused-ring (bicyclic) bond motifs is 1. The number of anilines is 1. The Kier molecular flexibility index (Phi) is 5.55. The van der Waals surface area contributed by atoms with Gasteiger partial charge in [0.05, 0.1) is 11.6 Å². The Bertz CT molecular complexity index is 1540. The van der Waals surface area contributed by atoms with Crippen molar-refractivity contribution in [2.75, 3.05) is 4.90 Å². The molecule has 0 saturated carbocycles. The first-order valence-corrected chi connectivity index (χ1v) is 11.8. The Morgan fingerprint density at radius 2 is 1.69 bits per heavy atom. The van der Waals surface area contributed by atoms with Crippen molar-refractivity contribution in [3.8, 4) is 0 Å². The zero-order valence-electron chi connectivity index (χ0n) is 20.6. The summed E-state index contributed by atoms with van der Waals surface area (Å²) in [5.41, 5.74) is 3.97. The van der Waals surface area contributed by atoms with Crippen molar-refractivity contribution >= 4 is 34.0 Å². The average molecular weight is 483 g/mol. The van der Waals surface area contributed by atoms with Crippen molar-refractivity contribution in [3.63, 3.8) is 0 Å². The average Bonchev–Trinajstić information content (AvgIpc) is 3.37. The molecule has 0 bridgehead atoms. The third-order valence-electron chi connectivity index (χ3n) is 6.82. The summed E-state index contributed by atoms with van der Waals surface area (Å²) in [6, 6.07) is 17.9. The summed E-state index contributed by atoms with van der Waals surface area (Å²) in [7, 11) is 0. The number of aryl methyl sites for hydroxylation is 1. The van der Waals surface area contributed by atoms with Crippen LogP contribution in [0, 0.1) is 12.7 Å². The van der Waals surface area contributed by atoms with Gasteiger partial charge in [0.2, 0.25) is 0 Å². The minimum Gasteiger partial charge on any atom is -0.507 e. The van der Waals surface area contributed by atoms with Gasteiger partial charge in [-0.2, -0.15) is 0 Å². The molecule has 2 heterocycles. The van der Waals surface area contributed by atoms with Crippen LogP contribution in [0.4, 0.5) is 10.1 Å². The molecule has 1 amide bonds. The van der Waals surface area contributed by atoms with E-state index in [0.717, 1.165) is 22.0 Å². The third kappa shape index (κ3) is 3.79. The number of carbonyl (C=O) groups is 2. The maximum absolute atomic E-state index is 13.7. The molecule has 0 spiro atoms. The minimum absolute atomic E-state index is 0.00300. The van der Waals surface area contributed by atoms with Crippen LogP contribution < -0.4 is 4.90 Å². The number of amides is 1. The van der Waals surface area contributed by atoms with Gasteiger partial charge in [-0.25, -0.2) is 4.39 Å². The SMILES string of the molecule is Cc1ccc(C(C)(C)C)cc1/C(O)=C1\C(=O)C(=O)N(c2ccc(F)cc2)C1c1c[nH]c2ccccc12. The summed E-state index contributed by atoms with van der Waals surface area (Å²) >= 11 is 0. The first-order valence-electron chi connectivity index (χ1n) is 11.8. The van der Waals surface area contributed by atoms with Crippen molar-refractivity contribution in [2.45, 2.75) is 39.2 Å². The summed E-state index contributed by atoms with van der Waals surface area (Å²) in [5, 5.41) is 12.5. The number of hydrogen-bond donors (Lipinski definition) is 2. The molecule has 1 atom stereocenters. The highest BCUT2D eigenvalue weighted by Gasteiger charge is 2.47. The van der Waals surface area contributed by atoms with E-state index in [1.54, 1.807) is 6.20 Å². The normalized spacial score (nSPS) is 17.8. The molecule has 3 aromatic carbocycles. The number of ketones is 1. The van der Waals surface area contributed by atoms with Crippen molar-refractivity contribution in [1.29, 1.82) is 0 Å². The molecule has 4 aromatic rings. The molecule has 6 heteroatoms. The fraction of sp³-hybridized carbons (Fsp3) is 0.200. The zero-order valence-corrected chi connectivity index (χ0v) is 20.6. The fourth-order valence-electron chi connectivity index (χ4n) is 4.80. The van der Waals surface area contributed by atoms with Crippen molar-refractivity contribution in [3.05, 3.63) is 107 Å². The summed E-state index contributed by atoms with van der Waals surface area (Å²) in [5.74, 6) is -2.24. The maximum Gasteiger partial charge on any atom is 0.300 e. The van der Waals surface area contributed by atoms with Gasteiger partial charge < -0.3 is 10.1 Å². The van der Waals surface area contributed by atoms with Crippen LogP contribution in [-0.2, 0) is 15.0 Å². The molecule has 1 unspecified atom stereocenters. The van der Waals surface area contributed by atoms with E-state index in [9.17, 15) is 19.1 Å². The molecule has 36 heavy (non-hydrogen) atoms. The highest BCUT2D eigenvalue weighted by molar-refractivity contribution is 6.52. The highest BCUT2D eigenvalue weighted by atomic mass is 19.1. The van der Waals surface area contributed by atoms with Crippen LogP contribution >= 0.6 is 0 Å². The summed E-state index contributed by atoms with van der Waals surface area (Å²) in [6.07, 6.45) is 1.75. The quantitative estimate of drug-likeness (QED) is 0.198. The predicted molar refractivity (Wildman–Crippen MR) is 139 cm³/mol. The van der Waals surface area contributed by atoms with Crippen LogP contribution in [0.5, 0.6) is 0 Å². The summed E-state index contributed by atoms with van der Waals surface area (Å²) < 4.78 is 13.7. The molecule has 1 saturated heterocycles. The molecule has 182 valence electrons. The number of nitrogens with zero attached hydrogens (tertiary/aromatic N) is 1. The Hall–Kier alpha value is -4.19. The van der Waals surface area contributed by atoms with Crippen LogP contribution in [0.3, 0.4) is 0 Å². The second-order valence-electron chi connectivity index (χ2n) is 10.2. The van der Waals surface area contributed by atoms with Gasteiger partial charge in [-0.3, -0.25) is 14.5 Å². The van der Waals surface area contributed by atoms with E-state index in [4.69, 9.17) is 0 Å². The first kappa shape index (κ1) is 23.5. The smallest absolute Gasteiger partial charge is 0.300 e. The molecule has 5 rings (SSSR count). The van der Waals surface area contributed by atoms with Crippen LogP contribution in [-0.4, -0.2) is 21.8 Å². The number of aliphatic hydroxyl groups is 1. The van der Waals surface area contributed by atoms with Gasteiger partial charge in [0.25, 0.3) is 11.7 Å². The lowest BCUT2D eigenvalue weighted by atomic mass is 9.84. The largest absolute Gasteiger partial charge is 0.507 e. The molecule has 0 aliphatic carbocycles. The van der Waals surface area contributed by atoms with Crippen molar-refractivity contribution < 1.29 is 19.1 Å². The zero-order chi connectivity index (χ0) is 25.8. The van der Waals surface area contributed by atoms with Gasteiger partial charge in [-0.05, 0) is 59.9 Å². The summed E-state index contributed by atoms with van der Waals surface area (Å²) in [4.78, 5) is 31.5. The molecule has 0 radical (unpaired) electrons. The number of para-hydroxylation sites is 1. The molecule has 1 aromatic heterocycles. The molecule has 2 N–H and O–H groups in total. The number of H-pyrrole nitrogens is 1. The molecule has 5 nitrogen and oxygen atoms in total. The van der Waals surface area contributed by atoms with E-state index in [1.807, 2.05) is 49.4 Å². The number of nitrogens with one attached hydrogen (secondary N) is 1. The van der Waals surface area contributed by atoms with Crippen LogP contribution in [0.25, 0.3) is 16.7 Å². The molecule has 1 aliphatic heterocycles. The first-order chi connectivity index (χ1) is 17.1. The van der Waals surface area contributed by atoms with Gasteiger partial charge in [0, 0.05) is 33.9 Å². The number of aromatic amines is 1. The maximum atomic E-state index is 13.7. The van der Waals surface area contributed by atoms with E-state index >= 15 is 0 Å². The molecular formula is C30H27FN2O3. The lowest BCUT2D eigenvalue weighted by Crippen LogP contribution is -2.29. The molecule has 1 aliphatic rings. The number of carbonyl (C=O) groups excluding carboxylic acids is 2. The number of aliphatic hydroxyl groups excluding tert-OH is 1. The lowest BCUT2D eigenvalue weighted by molar-refractivity contribution is -0.132. The van der Waals surface area contributed by atoms with E-state index in [-0.39, 0.29) is 16.7 Å². The monoisotopic (exact) mass is 482 g/mol. The lowest BCUT2D eigenvalue weighted by Gasteiger charge is -2.25. The highest BCUT2D eigenvalue weighted by Crippen LogP contribution is 2.44. The van der Waals surface area contributed by atoms with Crippen LogP contribution in [0.15, 0.2) is 78.5 Å². The molecular weight excluding hydrogens is 455 g/mol. The van der Waals surface area contributed by atoms with E-state index < -0.39 is 23.5 Å². The topological polar surface area (TPSA) is 73.4 Å². The minimum atomic E-state index is -0.899. The number of benzene rings is 3. The van der Waals surface area contributed by atoms with Crippen LogP contribution in [0.1, 0.15) is 49.1 Å². The second-order valence-corrected chi connectivity index (χ2v) is 10.2. The number of rotatable bonds is 3. The van der Waals surface area contributed by atoms with Gasteiger partial charge >= 0.3 is 0 Å². The predicted octanol–water partition coefficient (Wildman–Crippen LogP) is 6.54. The third-order valence-corrected chi connectivity index (χ3v) is 6.82. The van der Waals surface area contributed by atoms with E-state index in [1.165, 1.54) is 29.2 Å². The number of hydrogen-bond acceptors (Lipinski definition) is 3. The summed E-state index contributed by atoms with van der Waals surface area (Å²) in [6.45, 7) is 8.07. The van der Waals surface area contributed by atoms with Gasteiger partial charge in [-0.15, -0.1) is 0 Å². The van der Waals surface area contributed by atoms with E-state index in [2.05, 4.69) is 25.8 Å². The standard InChI is InChI=1S/C30H27FN2O3/c1-17-9-10-18(30(2,3)4)15-22(17)27(34)25-26(23-16-32-24-8-6-5-7-21(23)24)33(29(36)28(25)35)20-13-11-19(31)12-14-20/h5-16,26,32,34H,1-4H3/b27-25+. The Balaban J connectivity index is 1.79. The van der Waals surface area contributed by atoms with Gasteiger partial charge in [0.15, 0.2) is 0 Å². The Morgan fingerprint density at radius 1 is 1.00 bits per heavy atom. The van der Waals surface area contributed by atoms with E-state index in [0.29, 0.717) is 16.8 Å². The number of Topliss-reactive ketones (excluding diaryl/α,β-unsaturated/α-hetero) is 1. The second kappa shape index (κ2) is 8.48.